The summed E-state index contributed by atoms with van der Waals surface area (Å²) in [7, 11) is 0. The van der Waals surface area contributed by atoms with E-state index in [4.69, 9.17) is 10.5 Å². The van der Waals surface area contributed by atoms with E-state index in [0.29, 0.717) is 0 Å². The van der Waals surface area contributed by atoms with Crippen molar-refractivity contribution in [1.82, 2.24) is 16.0 Å². The molecule has 0 aliphatic heterocycles. The SMILES string of the molecule is C[C@@H](OC(C)(C)C)[C@H](NC(=O)CNC(=O)[C@@H](N)CCC(=O)NC(c1ccccc1)(c1ccccc1)c1ccccc1)C(=O)O. The largest absolute Gasteiger partial charge is 0.480 e. The summed E-state index contributed by atoms with van der Waals surface area (Å²) >= 11 is 0. The van der Waals surface area contributed by atoms with Crippen LogP contribution in [-0.2, 0) is 29.5 Å². The molecule has 0 saturated carbocycles. The Kier molecular flexibility index (Phi) is 11.8. The van der Waals surface area contributed by atoms with Crippen molar-refractivity contribution in [3.05, 3.63) is 108 Å². The van der Waals surface area contributed by atoms with Crippen molar-refractivity contribution >= 4 is 23.7 Å². The van der Waals surface area contributed by atoms with Gasteiger partial charge < -0.3 is 31.5 Å². The summed E-state index contributed by atoms with van der Waals surface area (Å²) in [5, 5.41) is 17.6. The van der Waals surface area contributed by atoms with Crippen LogP contribution in [0.2, 0.25) is 0 Å². The quantitative estimate of drug-likeness (QED) is 0.177. The van der Waals surface area contributed by atoms with Gasteiger partial charge in [0.2, 0.25) is 17.7 Å². The van der Waals surface area contributed by atoms with Gasteiger partial charge in [0.15, 0.2) is 6.04 Å². The second-order valence-corrected chi connectivity index (χ2v) is 11.6. The average molecular weight is 603 g/mol. The molecule has 0 spiro atoms. The number of nitrogens with two attached hydrogens (primary N) is 1. The van der Waals surface area contributed by atoms with Gasteiger partial charge in [-0.15, -0.1) is 0 Å². The van der Waals surface area contributed by atoms with E-state index >= 15 is 0 Å². The number of carbonyl (C=O) groups is 4. The number of carboxylic acids is 1. The number of nitrogens with one attached hydrogen (secondary N) is 3. The maximum Gasteiger partial charge on any atom is 0.328 e. The Balaban J connectivity index is 1.66. The molecule has 3 amide bonds. The number of rotatable bonds is 14. The van der Waals surface area contributed by atoms with Crippen LogP contribution in [0.5, 0.6) is 0 Å². The molecule has 10 heteroatoms. The first kappa shape index (κ1) is 34.0. The summed E-state index contributed by atoms with van der Waals surface area (Å²) < 4.78 is 5.66. The lowest BCUT2D eigenvalue weighted by molar-refractivity contribution is -0.150. The average Bonchev–Trinajstić information content (AvgIpc) is 3.00. The highest BCUT2D eigenvalue weighted by molar-refractivity contribution is 5.90. The zero-order valence-corrected chi connectivity index (χ0v) is 25.6. The number of carbonyl (C=O) groups excluding carboxylic acids is 3. The van der Waals surface area contributed by atoms with E-state index in [-0.39, 0.29) is 18.7 Å². The van der Waals surface area contributed by atoms with Gasteiger partial charge in [0, 0.05) is 6.42 Å². The lowest BCUT2D eigenvalue weighted by Gasteiger charge is -2.37. The van der Waals surface area contributed by atoms with E-state index in [0.717, 1.165) is 16.7 Å². The fraction of sp³-hybridized carbons (Fsp3) is 0.353. The molecule has 3 rings (SSSR count). The van der Waals surface area contributed by atoms with Crippen LogP contribution < -0.4 is 21.7 Å². The molecule has 3 atom stereocenters. The van der Waals surface area contributed by atoms with Crippen LogP contribution in [0.3, 0.4) is 0 Å². The second kappa shape index (κ2) is 15.3. The Hall–Kier alpha value is -4.54. The number of benzene rings is 3. The summed E-state index contributed by atoms with van der Waals surface area (Å²) in [6.45, 7) is 6.39. The van der Waals surface area contributed by atoms with Crippen molar-refractivity contribution in [2.45, 2.75) is 69.9 Å². The maximum absolute atomic E-state index is 13.5. The fourth-order valence-corrected chi connectivity index (χ4v) is 5.00. The van der Waals surface area contributed by atoms with E-state index in [1.807, 2.05) is 91.0 Å². The molecule has 0 bridgehead atoms. The van der Waals surface area contributed by atoms with E-state index < -0.39 is 53.7 Å². The third-order valence-electron chi connectivity index (χ3n) is 6.98. The zero-order chi connectivity index (χ0) is 32.3. The third kappa shape index (κ3) is 9.23. The molecular weight excluding hydrogens is 560 g/mol. The van der Waals surface area contributed by atoms with Crippen molar-refractivity contribution in [2.75, 3.05) is 6.54 Å². The first-order valence-corrected chi connectivity index (χ1v) is 14.5. The topological polar surface area (TPSA) is 160 Å². The molecule has 3 aromatic rings. The van der Waals surface area contributed by atoms with Gasteiger partial charge in [-0.05, 0) is 50.8 Å². The van der Waals surface area contributed by atoms with Crippen LogP contribution in [0.15, 0.2) is 91.0 Å². The molecule has 0 unspecified atom stereocenters. The fourth-order valence-electron chi connectivity index (χ4n) is 5.00. The maximum atomic E-state index is 13.5. The molecule has 6 N–H and O–H groups in total. The Morgan fingerprint density at radius 3 is 1.66 bits per heavy atom. The minimum atomic E-state index is -1.31. The van der Waals surface area contributed by atoms with Gasteiger partial charge in [-0.25, -0.2) is 4.79 Å². The summed E-state index contributed by atoms with van der Waals surface area (Å²) in [5.74, 6) is -2.93. The van der Waals surface area contributed by atoms with Crippen molar-refractivity contribution in [3.63, 3.8) is 0 Å². The van der Waals surface area contributed by atoms with Gasteiger partial charge >= 0.3 is 5.97 Å². The molecule has 0 radical (unpaired) electrons. The van der Waals surface area contributed by atoms with Crippen LogP contribution in [0.4, 0.5) is 0 Å². The number of hydrogen-bond acceptors (Lipinski definition) is 6. The van der Waals surface area contributed by atoms with Crippen molar-refractivity contribution < 1.29 is 29.0 Å². The number of aliphatic carboxylic acids is 1. The molecular formula is C34H42N4O6. The third-order valence-corrected chi connectivity index (χ3v) is 6.98. The molecule has 0 saturated heterocycles. The van der Waals surface area contributed by atoms with Gasteiger partial charge in [0.25, 0.3) is 0 Å². The molecule has 0 fully saturated rings. The molecule has 0 aliphatic rings. The molecule has 3 aromatic carbocycles. The highest BCUT2D eigenvalue weighted by Crippen LogP contribution is 2.36. The van der Waals surface area contributed by atoms with Crippen LogP contribution in [0.25, 0.3) is 0 Å². The Morgan fingerprint density at radius 2 is 1.25 bits per heavy atom. The number of ether oxygens (including phenoxy) is 1. The van der Waals surface area contributed by atoms with Gasteiger partial charge in [0.1, 0.15) is 5.54 Å². The standard InChI is InChI=1S/C34H42N4O6/c1-23(44-33(2,3)4)30(32(42)43)37-29(40)22-36-31(41)27(35)20-21-28(39)38-34(24-14-8-5-9-15-24,25-16-10-6-11-17-25)26-18-12-7-13-19-26/h5-19,23,27,30H,20-22,35H2,1-4H3,(H,36,41)(H,37,40)(H,38,39)(H,42,43)/t23-,27+,30+/m1/s1. The minimum absolute atomic E-state index is 0.0158. The zero-order valence-electron chi connectivity index (χ0n) is 25.6. The molecule has 0 aliphatic carbocycles. The first-order valence-electron chi connectivity index (χ1n) is 14.5. The summed E-state index contributed by atoms with van der Waals surface area (Å²) in [6.07, 6.45) is -0.859. The smallest absolute Gasteiger partial charge is 0.328 e. The molecule has 234 valence electrons. The predicted octanol–water partition coefficient (Wildman–Crippen LogP) is 3.09. The summed E-state index contributed by atoms with van der Waals surface area (Å²) in [4.78, 5) is 50.3. The van der Waals surface area contributed by atoms with Crippen molar-refractivity contribution in [3.8, 4) is 0 Å². The van der Waals surface area contributed by atoms with Gasteiger partial charge in [-0.3, -0.25) is 14.4 Å². The molecule has 44 heavy (non-hydrogen) atoms. The lowest BCUT2D eigenvalue weighted by Crippen LogP contribution is -2.53. The van der Waals surface area contributed by atoms with Gasteiger partial charge in [-0.1, -0.05) is 91.0 Å². The van der Waals surface area contributed by atoms with Crippen LogP contribution >= 0.6 is 0 Å². The molecule has 10 nitrogen and oxygen atoms in total. The Labute approximate surface area is 258 Å². The van der Waals surface area contributed by atoms with Gasteiger partial charge in [-0.2, -0.15) is 0 Å². The van der Waals surface area contributed by atoms with Crippen LogP contribution in [-0.4, -0.2) is 59.1 Å². The summed E-state index contributed by atoms with van der Waals surface area (Å²) in [5.41, 5.74) is 7.05. The summed E-state index contributed by atoms with van der Waals surface area (Å²) in [6, 6.07) is 26.5. The minimum Gasteiger partial charge on any atom is -0.480 e. The van der Waals surface area contributed by atoms with E-state index in [1.165, 1.54) is 0 Å². The normalized spacial score (nSPS) is 13.7. The van der Waals surface area contributed by atoms with Crippen molar-refractivity contribution in [2.24, 2.45) is 5.73 Å². The lowest BCUT2D eigenvalue weighted by atomic mass is 9.77. The van der Waals surface area contributed by atoms with E-state index in [1.54, 1.807) is 27.7 Å². The highest BCUT2D eigenvalue weighted by Gasteiger charge is 2.38. The van der Waals surface area contributed by atoms with Gasteiger partial charge in [0.05, 0.1) is 24.3 Å². The Bertz CT molecular complexity index is 1300. The monoisotopic (exact) mass is 602 g/mol. The Morgan fingerprint density at radius 1 is 0.795 bits per heavy atom. The van der Waals surface area contributed by atoms with Crippen molar-refractivity contribution in [1.29, 1.82) is 0 Å². The van der Waals surface area contributed by atoms with E-state index in [9.17, 15) is 24.3 Å². The number of carboxylic acid groups (broad SMARTS) is 1. The number of amides is 3. The van der Waals surface area contributed by atoms with Crippen LogP contribution in [0.1, 0.15) is 57.2 Å². The van der Waals surface area contributed by atoms with E-state index in [2.05, 4.69) is 16.0 Å². The predicted molar refractivity (Wildman–Crippen MR) is 167 cm³/mol. The second-order valence-electron chi connectivity index (χ2n) is 11.6. The molecule has 0 aromatic heterocycles. The highest BCUT2D eigenvalue weighted by atomic mass is 16.5. The molecule has 0 heterocycles. The first-order chi connectivity index (χ1) is 20.8. The van der Waals surface area contributed by atoms with Crippen LogP contribution in [0, 0.1) is 0 Å². The number of hydrogen-bond donors (Lipinski definition) is 5.